The molecular formula is C36H47F2N3O3. The second-order valence-corrected chi connectivity index (χ2v) is 12.0. The van der Waals surface area contributed by atoms with Gasteiger partial charge in [-0.25, -0.2) is 13.6 Å². The summed E-state index contributed by atoms with van der Waals surface area (Å²) < 4.78 is 33.7. The van der Waals surface area contributed by atoms with Gasteiger partial charge in [0.25, 0.3) is 5.91 Å². The molecule has 0 aliphatic heterocycles. The largest absolute Gasteiger partial charge is 0.456 e. The van der Waals surface area contributed by atoms with Gasteiger partial charge in [-0.3, -0.25) is 4.79 Å². The minimum absolute atomic E-state index is 0.0960. The summed E-state index contributed by atoms with van der Waals surface area (Å²) in [6.45, 7) is 12.2. The number of rotatable bonds is 16. The number of hydrogen-bond acceptors (Lipinski definition) is 5. The Bertz CT molecular complexity index is 1370. The first-order valence-corrected chi connectivity index (χ1v) is 15.6. The third-order valence-electron chi connectivity index (χ3n) is 7.27. The second kappa shape index (κ2) is 17.0. The smallest absolute Gasteiger partial charge is 0.338 e. The van der Waals surface area contributed by atoms with Gasteiger partial charge in [-0.15, -0.1) is 0 Å². The Morgan fingerprint density at radius 1 is 0.864 bits per heavy atom. The number of halogens is 2. The van der Waals surface area contributed by atoms with Crippen LogP contribution in [0.3, 0.4) is 0 Å². The van der Waals surface area contributed by atoms with Crippen LogP contribution < -0.4 is 11.1 Å². The van der Waals surface area contributed by atoms with Crippen molar-refractivity contribution >= 4 is 11.9 Å². The Hall–Kier alpha value is -3.62. The molecule has 44 heavy (non-hydrogen) atoms. The molecule has 0 saturated carbocycles. The Morgan fingerprint density at radius 2 is 1.50 bits per heavy atom. The number of benzene rings is 3. The number of carbonyl (C=O) groups is 2. The van der Waals surface area contributed by atoms with Gasteiger partial charge in [-0.1, -0.05) is 52.0 Å². The van der Waals surface area contributed by atoms with Crippen LogP contribution in [-0.2, 0) is 24.1 Å². The van der Waals surface area contributed by atoms with Gasteiger partial charge in [0.15, 0.2) is 0 Å². The van der Waals surface area contributed by atoms with Gasteiger partial charge in [0.2, 0.25) is 0 Å². The highest BCUT2D eigenvalue weighted by atomic mass is 19.1. The van der Waals surface area contributed by atoms with Crippen molar-refractivity contribution in [1.82, 2.24) is 10.2 Å². The zero-order valence-corrected chi connectivity index (χ0v) is 26.7. The van der Waals surface area contributed by atoms with Gasteiger partial charge in [-0.2, -0.15) is 0 Å². The number of carbonyl (C=O) groups excluding carboxylic acids is 2. The molecule has 0 spiro atoms. The monoisotopic (exact) mass is 607 g/mol. The number of esters is 1. The lowest BCUT2D eigenvalue weighted by atomic mass is 10.0. The van der Waals surface area contributed by atoms with E-state index in [9.17, 15) is 18.4 Å². The summed E-state index contributed by atoms with van der Waals surface area (Å²) in [4.78, 5) is 28.6. The fourth-order valence-corrected chi connectivity index (χ4v) is 5.38. The second-order valence-electron chi connectivity index (χ2n) is 12.0. The predicted octanol–water partition coefficient (Wildman–Crippen LogP) is 6.62. The molecule has 3 rings (SSSR count). The standard InChI is InChI=1S/C36H47F2N3O3/c1-6-11-41(12-7-2)35(42)29-14-25(5)15-30(20-29)36(43)44-34(33(39)19-28-17-31(37)21-32(38)18-28)23-40-22-27-10-8-9-26(16-27)13-24(3)4/h8-10,14-18,20-21,24,33-34,40H,6-7,11-13,19,22-23,39H2,1-5H3/t33-,34+/m0/s1. The average molecular weight is 608 g/mol. The summed E-state index contributed by atoms with van der Waals surface area (Å²) in [6, 6.07) is 15.8. The number of nitrogens with zero attached hydrogens (tertiary/aromatic N) is 1. The molecule has 3 aromatic carbocycles. The van der Waals surface area contributed by atoms with Crippen LogP contribution in [0.15, 0.2) is 60.7 Å². The van der Waals surface area contributed by atoms with E-state index in [2.05, 4.69) is 31.3 Å². The van der Waals surface area contributed by atoms with E-state index in [1.54, 1.807) is 23.1 Å². The number of nitrogens with two attached hydrogens (primary N) is 1. The van der Waals surface area contributed by atoms with Crippen molar-refractivity contribution in [3.8, 4) is 0 Å². The minimum atomic E-state index is -0.816. The fourth-order valence-electron chi connectivity index (χ4n) is 5.38. The van der Waals surface area contributed by atoms with Crippen LogP contribution in [0.5, 0.6) is 0 Å². The first-order valence-electron chi connectivity index (χ1n) is 15.6. The van der Waals surface area contributed by atoms with Gasteiger partial charge in [0, 0.05) is 43.9 Å². The quantitative estimate of drug-likeness (QED) is 0.179. The number of hydrogen-bond donors (Lipinski definition) is 2. The highest BCUT2D eigenvalue weighted by Crippen LogP contribution is 2.18. The summed E-state index contributed by atoms with van der Waals surface area (Å²) in [5.41, 5.74) is 10.6. The lowest BCUT2D eigenvalue weighted by molar-refractivity contribution is 0.0238. The molecule has 0 aromatic heterocycles. The Morgan fingerprint density at radius 3 is 2.14 bits per heavy atom. The highest BCUT2D eigenvalue weighted by molar-refractivity contribution is 5.98. The van der Waals surface area contributed by atoms with E-state index < -0.39 is 29.7 Å². The van der Waals surface area contributed by atoms with Gasteiger partial charge in [-0.05, 0) is 91.1 Å². The normalized spacial score (nSPS) is 12.7. The molecule has 3 N–H and O–H groups in total. The van der Waals surface area contributed by atoms with Gasteiger partial charge in [0.1, 0.15) is 17.7 Å². The molecule has 0 radical (unpaired) electrons. The summed E-state index contributed by atoms with van der Waals surface area (Å²) in [6.07, 6.45) is 1.91. The molecule has 0 unspecified atom stereocenters. The summed E-state index contributed by atoms with van der Waals surface area (Å²) in [7, 11) is 0. The first-order chi connectivity index (χ1) is 21.0. The Labute approximate surface area is 261 Å². The van der Waals surface area contributed by atoms with Crippen molar-refractivity contribution in [1.29, 1.82) is 0 Å². The minimum Gasteiger partial charge on any atom is -0.456 e. The first kappa shape index (κ1) is 34.9. The number of ether oxygens (including phenoxy) is 1. The molecule has 1 amide bonds. The molecule has 6 nitrogen and oxygen atoms in total. The fraction of sp³-hybridized carbons (Fsp3) is 0.444. The van der Waals surface area contributed by atoms with E-state index in [0.29, 0.717) is 36.7 Å². The van der Waals surface area contributed by atoms with Crippen molar-refractivity contribution < 1.29 is 23.1 Å². The third kappa shape index (κ3) is 10.8. The van der Waals surface area contributed by atoms with Crippen molar-refractivity contribution in [3.63, 3.8) is 0 Å². The molecule has 0 aliphatic rings. The van der Waals surface area contributed by atoms with Crippen LogP contribution in [0.4, 0.5) is 8.78 Å². The third-order valence-corrected chi connectivity index (χ3v) is 7.27. The van der Waals surface area contributed by atoms with Crippen LogP contribution in [-0.4, -0.2) is 48.6 Å². The molecule has 2 atom stereocenters. The van der Waals surface area contributed by atoms with Crippen LogP contribution >= 0.6 is 0 Å². The van der Waals surface area contributed by atoms with E-state index >= 15 is 0 Å². The van der Waals surface area contributed by atoms with Crippen molar-refractivity contribution in [2.45, 2.75) is 79.0 Å². The lowest BCUT2D eigenvalue weighted by Crippen LogP contribution is -2.46. The van der Waals surface area contributed by atoms with Crippen LogP contribution in [0.2, 0.25) is 0 Å². The molecule has 0 heterocycles. The van der Waals surface area contributed by atoms with Crippen molar-refractivity contribution in [2.75, 3.05) is 19.6 Å². The van der Waals surface area contributed by atoms with Crippen molar-refractivity contribution in [2.24, 2.45) is 11.7 Å². The number of aryl methyl sites for hydroxylation is 1. The van der Waals surface area contributed by atoms with Gasteiger partial charge < -0.3 is 20.7 Å². The summed E-state index contributed by atoms with van der Waals surface area (Å²) in [5, 5.41) is 3.35. The zero-order chi connectivity index (χ0) is 32.2. The molecule has 0 saturated heterocycles. The maximum Gasteiger partial charge on any atom is 0.338 e. The van der Waals surface area contributed by atoms with E-state index in [-0.39, 0.29) is 24.4 Å². The summed E-state index contributed by atoms with van der Waals surface area (Å²) in [5.74, 6) is -1.61. The molecule has 238 valence electrons. The van der Waals surface area contributed by atoms with E-state index in [1.807, 2.05) is 32.9 Å². The van der Waals surface area contributed by atoms with Crippen LogP contribution in [0.25, 0.3) is 0 Å². The molecular weight excluding hydrogens is 560 g/mol. The van der Waals surface area contributed by atoms with E-state index in [1.165, 1.54) is 17.7 Å². The number of amides is 1. The van der Waals surface area contributed by atoms with Crippen LogP contribution in [0.1, 0.15) is 83.5 Å². The Balaban J connectivity index is 1.81. The van der Waals surface area contributed by atoms with E-state index in [4.69, 9.17) is 10.5 Å². The SMILES string of the molecule is CCCN(CCC)C(=O)c1cc(C)cc(C(=O)O[C@H](CNCc2cccc(CC(C)C)c2)[C@@H](N)Cc2cc(F)cc(F)c2)c1. The lowest BCUT2D eigenvalue weighted by Gasteiger charge is -2.25. The zero-order valence-electron chi connectivity index (χ0n) is 26.7. The maximum atomic E-state index is 13.9. The molecule has 0 fully saturated rings. The molecule has 0 bridgehead atoms. The molecule has 3 aromatic rings. The van der Waals surface area contributed by atoms with Gasteiger partial charge >= 0.3 is 5.97 Å². The van der Waals surface area contributed by atoms with Gasteiger partial charge in [0.05, 0.1) is 5.56 Å². The maximum absolute atomic E-state index is 13.9. The number of nitrogens with one attached hydrogen (secondary N) is 1. The van der Waals surface area contributed by atoms with Crippen molar-refractivity contribution in [3.05, 3.63) is 106 Å². The Kier molecular flexibility index (Phi) is 13.5. The van der Waals surface area contributed by atoms with E-state index in [0.717, 1.165) is 36.5 Å². The summed E-state index contributed by atoms with van der Waals surface area (Å²) >= 11 is 0. The average Bonchev–Trinajstić information content (AvgIpc) is 2.95. The highest BCUT2D eigenvalue weighted by Gasteiger charge is 2.25. The topological polar surface area (TPSA) is 84.7 Å². The van der Waals surface area contributed by atoms with Crippen LogP contribution in [0, 0.1) is 24.5 Å². The molecule has 8 heteroatoms. The predicted molar refractivity (Wildman–Crippen MR) is 172 cm³/mol. The molecule has 0 aliphatic carbocycles.